The van der Waals surface area contributed by atoms with Crippen LogP contribution >= 0.6 is 0 Å². The molecule has 3 aromatic carbocycles. The van der Waals surface area contributed by atoms with Gasteiger partial charge < -0.3 is 19.9 Å². The Labute approximate surface area is 162 Å². The normalized spacial score (nSPS) is 10.2. The van der Waals surface area contributed by atoms with Gasteiger partial charge in [0.05, 0.1) is 12.7 Å². The van der Waals surface area contributed by atoms with Gasteiger partial charge in [0.25, 0.3) is 5.91 Å². The summed E-state index contributed by atoms with van der Waals surface area (Å²) in [5.41, 5.74) is 2.27. The number of hydrogen-bond acceptors (Lipinski definition) is 4. The Kier molecular flexibility index (Phi) is 5.91. The Morgan fingerprint density at radius 3 is 1.96 bits per heavy atom. The van der Waals surface area contributed by atoms with Gasteiger partial charge in [-0.1, -0.05) is 12.1 Å². The number of nitrogens with one attached hydrogen (secondary N) is 1. The molecule has 1 amide bonds. The second kappa shape index (κ2) is 8.73. The number of methoxy groups -OCH3 is 1. The van der Waals surface area contributed by atoms with E-state index in [1.54, 1.807) is 67.8 Å². The first kappa shape index (κ1) is 19.0. The Balaban J connectivity index is 1.56. The maximum Gasteiger partial charge on any atom is 0.335 e. The summed E-state index contributed by atoms with van der Waals surface area (Å²) in [7, 11) is 1.59. The molecule has 28 heavy (non-hydrogen) atoms. The summed E-state index contributed by atoms with van der Waals surface area (Å²) in [5.74, 6) is 0.150. The molecule has 0 unspecified atom stereocenters. The molecular formula is C22H19NO5. The van der Waals surface area contributed by atoms with Crippen LogP contribution in [0.15, 0.2) is 72.8 Å². The third-order valence-corrected chi connectivity index (χ3v) is 4.07. The first-order valence-corrected chi connectivity index (χ1v) is 8.55. The molecule has 0 aromatic heterocycles. The van der Waals surface area contributed by atoms with Crippen molar-refractivity contribution in [3.8, 4) is 11.5 Å². The number of hydrogen-bond donors (Lipinski definition) is 2. The molecule has 0 spiro atoms. The molecule has 2 N–H and O–H groups in total. The first-order valence-electron chi connectivity index (χ1n) is 8.55. The van der Waals surface area contributed by atoms with Crippen molar-refractivity contribution in [2.24, 2.45) is 0 Å². The maximum atomic E-state index is 12.3. The van der Waals surface area contributed by atoms with Crippen LogP contribution in [0.5, 0.6) is 11.5 Å². The smallest absolute Gasteiger partial charge is 0.335 e. The van der Waals surface area contributed by atoms with Crippen molar-refractivity contribution in [2.75, 3.05) is 12.4 Å². The van der Waals surface area contributed by atoms with Crippen LogP contribution in [0.4, 0.5) is 5.69 Å². The number of benzene rings is 3. The summed E-state index contributed by atoms with van der Waals surface area (Å²) >= 11 is 0. The number of anilines is 1. The van der Waals surface area contributed by atoms with Crippen LogP contribution in [-0.2, 0) is 6.61 Å². The number of aromatic carboxylic acids is 1. The predicted molar refractivity (Wildman–Crippen MR) is 105 cm³/mol. The van der Waals surface area contributed by atoms with Crippen molar-refractivity contribution in [1.82, 2.24) is 0 Å². The van der Waals surface area contributed by atoms with E-state index in [-0.39, 0.29) is 11.5 Å². The predicted octanol–water partition coefficient (Wildman–Crippen LogP) is 4.22. The second-order valence-corrected chi connectivity index (χ2v) is 6.00. The fraction of sp³-hybridized carbons (Fsp3) is 0.0909. The fourth-order valence-corrected chi connectivity index (χ4v) is 2.49. The number of carbonyl (C=O) groups is 2. The summed E-state index contributed by atoms with van der Waals surface area (Å²) in [6.45, 7) is 0.303. The van der Waals surface area contributed by atoms with Gasteiger partial charge in [0, 0.05) is 11.3 Å². The minimum Gasteiger partial charge on any atom is -0.497 e. The van der Waals surface area contributed by atoms with E-state index >= 15 is 0 Å². The highest BCUT2D eigenvalue weighted by atomic mass is 16.5. The SMILES string of the molecule is COc1ccc(NC(=O)c2ccc(OCc3ccc(C(=O)O)cc3)cc2)cc1. The Bertz CT molecular complexity index is 948. The maximum absolute atomic E-state index is 12.3. The zero-order valence-corrected chi connectivity index (χ0v) is 15.2. The zero-order valence-electron chi connectivity index (χ0n) is 15.2. The van der Waals surface area contributed by atoms with E-state index in [1.807, 2.05) is 0 Å². The Morgan fingerprint density at radius 1 is 0.821 bits per heavy atom. The van der Waals surface area contributed by atoms with Crippen LogP contribution in [0, 0.1) is 0 Å². The van der Waals surface area contributed by atoms with Gasteiger partial charge in [0.15, 0.2) is 0 Å². The second-order valence-electron chi connectivity index (χ2n) is 6.00. The van der Waals surface area contributed by atoms with Crippen molar-refractivity contribution < 1.29 is 24.2 Å². The molecule has 0 saturated carbocycles. The van der Waals surface area contributed by atoms with Crippen molar-refractivity contribution in [2.45, 2.75) is 6.61 Å². The first-order chi connectivity index (χ1) is 13.5. The summed E-state index contributed by atoms with van der Waals surface area (Å²) in [4.78, 5) is 23.2. The van der Waals surface area contributed by atoms with Gasteiger partial charge in [-0.05, 0) is 66.2 Å². The van der Waals surface area contributed by atoms with Crippen LogP contribution in [-0.4, -0.2) is 24.1 Å². The molecule has 0 fully saturated rings. The van der Waals surface area contributed by atoms with E-state index < -0.39 is 5.97 Å². The lowest BCUT2D eigenvalue weighted by Crippen LogP contribution is -2.11. The molecule has 0 aliphatic carbocycles. The molecule has 0 bridgehead atoms. The standard InChI is InChI=1S/C22H19NO5/c1-27-19-12-8-18(9-13-19)23-21(24)16-6-10-20(11-7-16)28-14-15-2-4-17(5-3-15)22(25)26/h2-13H,14H2,1H3,(H,23,24)(H,25,26). The number of carbonyl (C=O) groups excluding carboxylic acids is 1. The molecule has 142 valence electrons. The number of carboxylic acids is 1. The fourth-order valence-electron chi connectivity index (χ4n) is 2.49. The highest BCUT2D eigenvalue weighted by Gasteiger charge is 2.07. The van der Waals surface area contributed by atoms with Gasteiger partial charge in [0.2, 0.25) is 0 Å². The molecule has 0 aliphatic heterocycles. The summed E-state index contributed by atoms with van der Waals surface area (Å²) < 4.78 is 10.8. The average molecular weight is 377 g/mol. The monoisotopic (exact) mass is 377 g/mol. The molecule has 0 atom stereocenters. The molecule has 6 nitrogen and oxygen atoms in total. The summed E-state index contributed by atoms with van der Waals surface area (Å²) in [6.07, 6.45) is 0. The molecular weight excluding hydrogens is 358 g/mol. The van der Waals surface area contributed by atoms with Crippen molar-refractivity contribution in [1.29, 1.82) is 0 Å². The Hall–Kier alpha value is -3.80. The van der Waals surface area contributed by atoms with Crippen molar-refractivity contribution in [3.05, 3.63) is 89.5 Å². The van der Waals surface area contributed by atoms with E-state index in [4.69, 9.17) is 14.6 Å². The van der Waals surface area contributed by atoms with Gasteiger partial charge in [-0.2, -0.15) is 0 Å². The van der Waals surface area contributed by atoms with Crippen LogP contribution < -0.4 is 14.8 Å². The third-order valence-electron chi connectivity index (χ3n) is 4.07. The largest absolute Gasteiger partial charge is 0.497 e. The quantitative estimate of drug-likeness (QED) is 0.644. The van der Waals surface area contributed by atoms with Crippen molar-refractivity contribution in [3.63, 3.8) is 0 Å². The third kappa shape index (κ3) is 4.88. The lowest BCUT2D eigenvalue weighted by atomic mass is 10.1. The van der Waals surface area contributed by atoms with Gasteiger partial charge in [-0.15, -0.1) is 0 Å². The number of amides is 1. The van der Waals surface area contributed by atoms with E-state index in [1.165, 1.54) is 12.1 Å². The molecule has 3 rings (SSSR count). The van der Waals surface area contributed by atoms with Gasteiger partial charge in [-0.25, -0.2) is 4.79 Å². The highest BCUT2D eigenvalue weighted by Crippen LogP contribution is 2.18. The summed E-state index contributed by atoms with van der Waals surface area (Å²) in [6, 6.07) is 20.4. The van der Waals surface area contributed by atoms with E-state index in [0.29, 0.717) is 23.6 Å². The molecule has 0 heterocycles. The Morgan fingerprint density at radius 2 is 1.39 bits per heavy atom. The van der Waals surface area contributed by atoms with Crippen LogP contribution in [0.3, 0.4) is 0 Å². The van der Waals surface area contributed by atoms with Crippen molar-refractivity contribution >= 4 is 17.6 Å². The summed E-state index contributed by atoms with van der Waals surface area (Å²) in [5, 5.41) is 11.7. The topological polar surface area (TPSA) is 84.9 Å². The number of ether oxygens (including phenoxy) is 2. The van der Waals surface area contributed by atoms with E-state index in [0.717, 1.165) is 11.3 Å². The minimum atomic E-state index is -0.962. The van der Waals surface area contributed by atoms with Crippen LogP contribution in [0.25, 0.3) is 0 Å². The lowest BCUT2D eigenvalue weighted by Gasteiger charge is -2.09. The molecule has 6 heteroatoms. The highest BCUT2D eigenvalue weighted by molar-refractivity contribution is 6.04. The van der Waals surface area contributed by atoms with Crippen LogP contribution in [0.2, 0.25) is 0 Å². The molecule has 0 aliphatic rings. The molecule has 0 saturated heterocycles. The number of carboxylic acid groups (broad SMARTS) is 1. The lowest BCUT2D eigenvalue weighted by molar-refractivity contribution is 0.0696. The molecule has 0 radical (unpaired) electrons. The zero-order chi connectivity index (χ0) is 19.9. The van der Waals surface area contributed by atoms with Gasteiger partial charge in [0.1, 0.15) is 18.1 Å². The molecule has 3 aromatic rings. The van der Waals surface area contributed by atoms with Gasteiger partial charge in [-0.3, -0.25) is 4.79 Å². The van der Waals surface area contributed by atoms with E-state index in [2.05, 4.69) is 5.32 Å². The van der Waals surface area contributed by atoms with Crippen LogP contribution in [0.1, 0.15) is 26.3 Å². The number of rotatable bonds is 7. The van der Waals surface area contributed by atoms with E-state index in [9.17, 15) is 9.59 Å². The minimum absolute atomic E-state index is 0.221. The average Bonchev–Trinajstić information content (AvgIpc) is 2.73. The van der Waals surface area contributed by atoms with Gasteiger partial charge >= 0.3 is 5.97 Å².